The summed E-state index contributed by atoms with van der Waals surface area (Å²) in [5.74, 6) is -0.0579. The monoisotopic (exact) mass is 283 g/mol. The molecule has 1 fully saturated rings. The van der Waals surface area contributed by atoms with Crippen LogP contribution in [0.15, 0.2) is 0 Å². The van der Waals surface area contributed by atoms with Crippen LogP contribution in [0.4, 0.5) is 0 Å². The summed E-state index contributed by atoms with van der Waals surface area (Å²) >= 11 is 0. The van der Waals surface area contributed by atoms with Crippen LogP contribution in [0.1, 0.15) is 52.9 Å². The van der Waals surface area contributed by atoms with Gasteiger partial charge in [0.25, 0.3) is 0 Å². The van der Waals surface area contributed by atoms with Gasteiger partial charge in [-0.1, -0.05) is 20.8 Å². The van der Waals surface area contributed by atoms with Gasteiger partial charge in [0.05, 0.1) is 0 Å². The van der Waals surface area contributed by atoms with E-state index in [0.29, 0.717) is 13.0 Å². The van der Waals surface area contributed by atoms with E-state index in [1.807, 2.05) is 0 Å². The van der Waals surface area contributed by atoms with Crippen LogP contribution in [0.25, 0.3) is 0 Å². The molecule has 1 aliphatic rings. The summed E-state index contributed by atoms with van der Waals surface area (Å²) in [6, 6.07) is -0.460. The molecule has 0 aliphatic carbocycles. The summed E-state index contributed by atoms with van der Waals surface area (Å²) in [6.07, 6.45) is 3.84. The third-order valence-electron chi connectivity index (χ3n) is 3.68. The first-order valence-electron chi connectivity index (χ1n) is 7.51. The van der Waals surface area contributed by atoms with Crippen molar-refractivity contribution in [2.75, 3.05) is 13.6 Å². The van der Waals surface area contributed by atoms with Crippen LogP contribution in [0.2, 0.25) is 0 Å². The molecule has 1 rings (SSSR count). The van der Waals surface area contributed by atoms with Crippen LogP contribution >= 0.6 is 0 Å². The van der Waals surface area contributed by atoms with Gasteiger partial charge in [0.15, 0.2) is 0 Å². The van der Waals surface area contributed by atoms with Crippen molar-refractivity contribution in [1.82, 2.24) is 10.2 Å². The number of nitrogens with zero attached hydrogens (tertiary/aromatic N) is 1. The highest BCUT2D eigenvalue weighted by molar-refractivity contribution is 5.87. The second-order valence-corrected chi connectivity index (χ2v) is 6.94. The van der Waals surface area contributed by atoms with E-state index in [9.17, 15) is 9.59 Å². The fraction of sp³-hybridized carbons (Fsp3) is 0.867. The van der Waals surface area contributed by atoms with Gasteiger partial charge in [-0.15, -0.1) is 0 Å². The Labute approximate surface area is 122 Å². The fourth-order valence-corrected chi connectivity index (χ4v) is 2.87. The van der Waals surface area contributed by atoms with Gasteiger partial charge < -0.3 is 16.0 Å². The van der Waals surface area contributed by atoms with Crippen LogP contribution in [0.5, 0.6) is 0 Å². The van der Waals surface area contributed by atoms with Crippen molar-refractivity contribution in [2.45, 2.75) is 65.0 Å². The molecule has 1 aliphatic heterocycles. The highest BCUT2D eigenvalue weighted by Crippen LogP contribution is 2.23. The molecule has 2 atom stereocenters. The van der Waals surface area contributed by atoms with E-state index in [-0.39, 0.29) is 29.3 Å². The highest BCUT2D eigenvalue weighted by Gasteiger charge is 2.32. The zero-order valence-electron chi connectivity index (χ0n) is 13.2. The zero-order chi connectivity index (χ0) is 15.3. The Balaban J connectivity index is 2.61. The molecule has 5 heteroatoms. The van der Waals surface area contributed by atoms with Crippen LogP contribution in [0, 0.1) is 5.41 Å². The lowest BCUT2D eigenvalue weighted by Gasteiger charge is -2.35. The van der Waals surface area contributed by atoms with Crippen molar-refractivity contribution >= 4 is 11.8 Å². The summed E-state index contributed by atoms with van der Waals surface area (Å²) < 4.78 is 0. The van der Waals surface area contributed by atoms with Crippen molar-refractivity contribution in [1.29, 1.82) is 0 Å². The Hall–Kier alpha value is -1.10. The van der Waals surface area contributed by atoms with Crippen LogP contribution in [0.3, 0.4) is 0 Å². The number of rotatable bonds is 4. The number of carbonyl (C=O) groups is 2. The van der Waals surface area contributed by atoms with E-state index in [1.54, 1.807) is 11.9 Å². The third-order valence-corrected chi connectivity index (χ3v) is 3.68. The molecule has 0 aromatic rings. The molecule has 0 radical (unpaired) electrons. The largest absolute Gasteiger partial charge is 0.357 e. The molecule has 0 saturated carbocycles. The van der Waals surface area contributed by atoms with Crippen molar-refractivity contribution < 1.29 is 9.59 Å². The third kappa shape index (κ3) is 5.12. The van der Waals surface area contributed by atoms with Gasteiger partial charge in [0.2, 0.25) is 11.8 Å². The molecule has 2 amide bonds. The van der Waals surface area contributed by atoms with E-state index in [2.05, 4.69) is 26.1 Å². The second-order valence-electron chi connectivity index (χ2n) is 6.94. The predicted octanol–water partition coefficient (Wildman–Crippen LogP) is 1.27. The number of hydrogen-bond donors (Lipinski definition) is 2. The molecule has 0 bridgehead atoms. The van der Waals surface area contributed by atoms with Gasteiger partial charge in [-0.05, 0) is 31.1 Å². The molecule has 5 nitrogen and oxygen atoms in total. The minimum atomic E-state index is -0.317. The first kappa shape index (κ1) is 17.0. The number of amides is 2. The van der Waals surface area contributed by atoms with Crippen molar-refractivity contribution in [3.05, 3.63) is 0 Å². The normalized spacial score (nSPS) is 21.4. The van der Waals surface area contributed by atoms with Gasteiger partial charge in [-0.3, -0.25) is 9.59 Å². The molecule has 0 aromatic carbocycles. The Morgan fingerprint density at radius 3 is 2.55 bits per heavy atom. The number of piperidine rings is 1. The van der Waals surface area contributed by atoms with Gasteiger partial charge in [-0.25, -0.2) is 0 Å². The molecule has 1 heterocycles. The molecular formula is C15H29N3O2. The standard InChI is InChI=1S/C15H29N3O2/c1-15(2,3)10-11(16)9-13(19)18-8-6-5-7-12(18)14(20)17-4/h11-12H,5-10,16H2,1-4H3,(H,17,20). The van der Waals surface area contributed by atoms with Crippen LogP contribution < -0.4 is 11.1 Å². The smallest absolute Gasteiger partial charge is 0.242 e. The summed E-state index contributed by atoms with van der Waals surface area (Å²) in [6.45, 7) is 7.02. The van der Waals surface area contributed by atoms with E-state index >= 15 is 0 Å². The predicted molar refractivity (Wildman–Crippen MR) is 80.1 cm³/mol. The van der Waals surface area contributed by atoms with Gasteiger partial charge in [-0.2, -0.15) is 0 Å². The van der Waals surface area contributed by atoms with E-state index in [4.69, 9.17) is 5.73 Å². The maximum absolute atomic E-state index is 12.4. The lowest BCUT2D eigenvalue weighted by Crippen LogP contribution is -2.52. The van der Waals surface area contributed by atoms with E-state index in [0.717, 1.165) is 25.7 Å². The minimum absolute atomic E-state index is 0.00931. The second kappa shape index (κ2) is 7.07. The molecular weight excluding hydrogens is 254 g/mol. The lowest BCUT2D eigenvalue weighted by molar-refractivity contribution is -0.142. The topological polar surface area (TPSA) is 75.4 Å². The summed E-state index contributed by atoms with van der Waals surface area (Å²) in [7, 11) is 1.62. The van der Waals surface area contributed by atoms with Gasteiger partial charge >= 0.3 is 0 Å². The van der Waals surface area contributed by atoms with Crippen molar-refractivity contribution in [2.24, 2.45) is 11.1 Å². The highest BCUT2D eigenvalue weighted by atomic mass is 16.2. The molecule has 2 unspecified atom stereocenters. The number of nitrogens with one attached hydrogen (secondary N) is 1. The molecule has 116 valence electrons. The maximum Gasteiger partial charge on any atom is 0.242 e. The number of carbonyl (C=O) groups excluding carboxylic acids is 2. The van der Waals surface area contributed by atoms with E-state index < -0.39 is 0 Å². The first-order valence-corrected chi connectivity index (χ1v) is 7.51. The maximum atomic E-state index is 12.4. The molecule has 20 heavy (non-hydrogen) atoms. The quantitative estimate of drug-likeness (QED) is 0.816. The molecule has 1 saturated heterocycles. The number of hydrogen-bond acceptors (Lipinski definition) is 3. The average molecular weight is 283 g/mol. The van der Waals surface area contributed by atoms with Gasteiger partial charge in [0, 0.05) is 26.1 Å². The lowest BCUT2D eigenvalue weighted by atomic mass is 9.87. The van der Waals surface area contributed by atoms with Crippen LogP contribution in [-0.4, -0.2) is 42.4 Å². The van der Waals surface area contributed by atoms with Crippen molar-refractivity contribution in [3.63, 3.8) is 0 Å². The number of likely N-dealkylation sites (N-methyl/N-ethyl adjacent to an activating group) is 1. The number of likely N-dealkylation sites (tertiary alicyclic amines) is 1. The van der Waals surface area contributed by atoms with Crippen molar-refractivity contribution in [3.8, 4) is 0 Å². The summed E-state index contributed by atoms with van der Waals surface area (Å²) in [5, 5.41) is 2.65. The molecule has 0 aromatic heterocycles. The zero-order valence-corrected chi connectivity index (χ0v) is 13.2. The summed E-state index contributed by atoms with van der Waals surface area (Å²) in [4.78, 5) is 26.0. The fourth-order valence-electron chi connectivity index (χ4n) is 2.87. The Kier molecular flexibility index (Phi) is 5.99. The summed E-state index contributed by atoms with van der Waals surface area (Å²) in [5.41, 5.74) is 6.19. The Morgan fingerprint density at radius 2 is 2.00 bits per heavy atom. The van der Waals surface area contributed by atoms with E-state index in [1.165, 1.54) is 0 Å². The van der Waals surface area contributed by atoms with Gasteiger partial charge in [0.1, 0.15) is 6.04 Å². The molecule has 3 N–H and O–H groups in total. The first-order chi connectivity index (χ1) is 9.24. The Bertz CT molecular complexity index is 350. The number of nitrogens with two attached hydrogens (primary N) is 1. The average Bonchev–Trinajstić information content (AvgIpc) is 2.35. The SMILES string of the molecule is CNC(=O)C1CCCCN1C(=O)CC(N)CC(C)(C)C. The minimum Gasteiger partial charge on any atom is -0.357 e. The molecule has 0 spiro atoms. The Morgan fingerprint density at radius 1 is 1.35 bits per heavy atom. The van der Waals surface area contributed by atoms with Crippen LogP contribution in [-0.2, 0) is 9.59 Å².